The van der Waals surface area contributed by atoms with Crippen LogP contribution in [0.1, 0.15) is 45.4 Å². The lowest BCUT2D eigenvalue weighted by Crippen LogP contribution is -1.85. The van der Waals surface area contributed by atoms with E-state index in [2.05, 4.69) is 6.92 Å². The number of rotatable bonds is 7. The zero-order chi connectivity index (χ0) is 10.4. The molecular weight excluding hydrogens is 168 g/mol. The summed E-state index contributed by atoms with van der Waals surface area (Å²) in [7, 11) is 0. The molecule has 0 radical (unpaired) electrons. The Kier molecular flexibility index (Phi) is 20.4. The lowest BCUT2D eigenvalue weighted by Gasteiger charge is -1.93. The van der Waals surface area contributed by atoms with Gasteiger partial charge in [0.05, 0.1) is 13.2 Å². The predicted molar refractivity (Wildman–Crippen MR) is 53.6 cm³/mol. The van der Waals surface area contributed by atoms with Crippen molar-refractivity contribution in [1.82, 2.24) is 0 Å². The largest absolute Gasteiger partial charge is 0.394 e. The summed E-state index contributed by atoms with van der Waals surface area (Å²) in [5.41, 5.74) is 0. The number of hydrogen-bond donors (Lipinski definition) is 2. The molecule has 0 aromatic heterocycles. The summed E-state index contributed by atoms with van der Waals surface area (Å²) in [6.07, 6.45) is 7.97. The Balaban J connectivity index is 0. The molecule has 0 saturated heterocycles. The molecule has 3 heteroatoms. The van der Waals surface area contributed by atoms with Gasteiger partial charge in [0.15, 0.2) is 0 Å². The number of aliphatic hydroxyl groups is 2. The molecule has 80 valence electrons. The van der Waals surface area contributed by atoms with E-state index < -0.39 is 0 Å². The van der Waals surface area contributed by atoms with Crippen LogP contribution in [0.5, 0.6) is 0 Å². The Hall–Kier alpha value is -0.410. The summed E-state index contributed by atoms with van der Waals surface area (Å²) in [6, 6.07) is 0. The number of hydrogen-bond acceptors (Lipinski definition) is 3. The molecule has 0 aromatic rings. The number of aldehydes is 1. The van der Waals surface area contributed by atoms with E-state index in [1.165, 1.54) is 25.7 Å². The van der Waals surface area contributed by atoms with Crippen LogP contribution in [0.25, 0.3) is 0 Å². The fourth-order valence-electron chi connectivity index (χ4n) is 0.831. The Morgan fingerprint density at radius 3 is 1.92 bits per heavy atom. The quantitative estimate of drug-likeness (QED) is 0.472. The first kappa shape index (κ1) is 15.1. The maximum Gasteiger partial charge on any atom is 0.119 e. The Morgan fingerprint density at radius 1 is 1.00 bits per heavy atom. The van der Waals surface area contributed by atoms with Gasteiger partial charge in [-0.05, 0) is 6.42 Å². The number of carbonyl (C=O) groups excluding carboxylic acids is 1. The third-order valence-corrected chi connectivity index (χ3v) is 1.53. The van der Waals surface area contributed by atoms with Crippen LogP contribution in [-0.4, -0.2) is 29.7 Å². The number of aliphatic hydroxyl groups excluding tert-OH is 2. The third-order valence-electron chi connectivity index (χ3n) is 1.53. The first-order valence-corrected chi connectivity index (χ1v) is 4.98. The maximum absolute atomic E-state index is 9.84. The molecule has 0 spiro atoms. The van der Waals surface area contributed by atoms with Gasteiger partial charge in [-0.15, -0.1) is 0 Å². The summed E-state index contributed by atoms with van der Waals surface area (Å²) in [4.78, 5) is 9.84. The van der Waals surface area contributed by atoms with Crippen LogP contribution < -0.4 is 0 Å². The van der Waals surface area contributed by atoms with Gasteiger partial charge < -0.3 is 15.0 Å². The molecule has 2 N–H and O–H groups in total. The van der Waals surface area contributed by atoms with Gasteiger partial charge in [-0.3, -0.25) is 0 Å². The van der Waals surface area contributed by atoms with Gasteiger partial charge >= 0.3 is 0 Å². The minimum atomic E-state index is -0.125. The minimum absolute atomic E-state index is 0.125. The van der Waals surface area contributed by atoms with Gasteiger partial charge in [-0.25, -0.2) is 0 Å². The minimum Gasteiger partial charge on any atom is -0.394 e. The van der Waals surface area contributed by atoms with Crippen LogP contribution in [0.2, 0.25) is 0 Å². The van der Waals surface area contributed by atoms with Gasteiger partial charge in [-0.2, -0.15) is 0 Å². The molecule has 0 aromatic carbocycles. The van der Waals surface area contributed by atoms with E-state index in [1.807, 2.05) is 0 Å². The van der Waals surface area contributed by atoms with Gasteiger partial charge in [-0.1, -0.05) is 32.6 Å². The average Bonchev–Trinajstić information content (AvgIpc) is 2.18. The van der Waals surface area contributed by atoms with Crippen molar-refractivity contribution < 1.29 is 15.0 Å². The Morgan fingerprint density at radius 2 is 1.54 bits per heavy atom. The van der Waals surface area contributed by atoms with Crippen LogP contribution in [0.4, 0.5) is 0 Å². The second-order valence-electron chi connectivity index (χ2n) is 2.82. The van der Waals surface area contributed by atoms with Crippen LogP contribution in [-0.2, 0) is 4.79 Å². The van der Waals surface area contributed by atoms with E-state index in [4.69, 9.17) is 10.2 Å². The van der Waals surface area contributed by atoms with Crippen molar-refractivity contribution in [2.75, 3.05) is 13.2 Å². The van der Waals surface area contributed by atoms with Crippen LogP contribution >= 0.6 is 0 Å². The predicted octanol–water partition coefficient (Wildman–Crippen LogP) is 1.52. The van der Waals surface area contributed by atoms with Crippen molar-refractivity contribution >= 4 is 6.29 Å². The summed E-state index contributed by atoms with van der Waals surface area (Å²) in [5.74, 6) is 0. The van der Waals surface area contributed by atoms with E-state index in [9.17, 15) is 4.79 Å². The molecule has 0 bridgehead atoms. The molecule has 0 aliphatic carbocycles. The highest BCUT2D eigenvalue weighted by atomic mass is 16.3. The van der Waals surface area contributed by atoms with Crippen molar-refractivity contribution in [3.05, 3.63) is 0 Å². The molecule has 0 saturated carbocycles. The van der Waals surface area contributed by atoms with E-state index in [0.717, 1.165) is 19.1 Å². The van der Waals surface area contributed by atoms with Crippen LogP contribution in [0.3, 0.4) is 0 Å². The van der Waals surface area contributed by atoms with Crippen LogP contribution in [0.15, 0.2) is 0 Å². The summed E-state index contributed by atoms with van der Waals surface area (Å²) in [6.45, 7) is 1.94. The molecule has 0 unspecified atom stereocenters. The van der Waals surface area contributed by atoms with Gasteiger partial charge in [0, 0.05) is 6.42 Å². The molecule has 0 amide bonds. The fourth-order valence-corrected chi connectivity index (χ4v) is 0.831. The van der Waals surface area contributed by atoms with Crippen molar-refractivity contribution in [2.24, 2.45) is 0 Å². The molecule has 0 fully saturated rings. The summed E-state index contributed by atoms with van der Waals surface area (Å²) >= 11 is 0. The monoisotopic (exact) mass is 190 g/mol. The molecular formula is C10H22O3. The second-order valence-corrected chi connectivity index (χ2v) is 2.82. The second kappa shape index (κ2) is 17.6. The smallest absolute Gasteiger partial charge is 0.119 e. The standard InChI is InChI=1S/C8H16O.C2H6O2/c1-2-3-4-5-6-7-8-9;3-1-2-4/h8H,2-7H2,1H3;3-4H,1-2H2. The first-order chi connectivity index (χ1) is 6.33. The molecule has 0 aliphatic rings. The van der Waals surface area contributed by atoms with E-state index in [1.54, 1.807) is 0 Å². The zero-order valence-corrected chi connectivity index (χ0v) is 8.54. The lowest BCUT2D eigenvalue weighted by atomic mass is 10.1. The number of carbonyl (C=O) groups is 1. The van der Waals surface area contributed by atoms with E-state index in [0.29, 0.717) is 0 Å². The number of unbranched alkanes of at least 4 members (excludes halogenated alkanes) is 5. The Labute approximate surface area is 80.8 Å². The molecule has 0 rings (SSSR count). The van der Waals surface area contributed by atoms with E-state index >= 15 is 0 Å². The molecule has 0 aliphatic heterocycles. The highest BCUT2D eigenvalue weighted by Gasteiger charge is 1.85. The molecule has 0 heterocycles. The Bertz CT molecular complexity index is 82.2. The normalized spacial score (nSPS) is 8.85. The van der Waals surface area contributed by atoms with Gasteiger partial charge in [0.1, 0.15) is 6.29 Å². The van der Waals surface area contributed by atoms with Gasteiger partial charge in [0.25, 0.3) is 0 Å². The van der Waals surface area contributed by atoms with Crippen molar-refractivity contribution in [2.45, 2.75) is 45.4 Å². The summed E-state index contributed by atoms with van der Waals surface area (Å²) < 4.78 is 0. The van der Waals surface area contributed by atoms with Crippen molar-refractivity contribution in [1.29, 1.82) is 0 Å². The topological polar surface area (TPSA) is 57.5 Å². The highest BCUT2D eigenvalue weighted by Crippen LogP contribution is 2.02. The van der Waals surface area contributed by atoms with Crippen molar-refractivity contribution in [3.8, 4) is 0 Å². The van der Waals surface area contributed by atoms with E-state index in [-0.39, 0.29) is 13.2 Å². The highest BCUT2D eigenvalue weighted by molar-refractivity contribution is 5.48. The third kappa shape index (κ3) is 24.5. The SMILES string of the molecule is CCCCCCCC=O.OCCO. The molecule has 0 atom stereocenters. The molecule has 13 heavy (non-hydrogen) atoms. The summed E-state index contributed by atoms with van der Waals surface area (Å²) in [5, 5.41) is 15.2. The fraction of sp³-hybridized carbons (Fsp3) is 0.900. The zero-order valence-electron chi connectivity index (χ0n) is 8.54. The molecule has 3 nitrogen and oxygen atoms in total. The van der Waals surface area contributed by atoms with Crippen molar-refractivity contribution in [3.63, 3.8) is 0 Å². The van der Waals surface area contributed by atoms with Crippen LogP contribution in [0, 0.1) is 0 Å². The average molecular weight is 190 g/mol. The first-order valence-electron chi connectivity index (χ1n) is 4.98. The van der Waals surface area contributed by atoms with Gasteiger partial charge in [0.2, 0.25) is 0 Å². The lowest BCUT2D eigenvalue weighted by molar-refractivity contribution is -0.107. The maximum atomic E-state index is 9.84.